The summed E-state index contributed by atoms with van der Waals surface area (Å²) < 4.78 is 23.4. The van der Waals surface area contributed by atoms with Crippen molar-refractivity contribution in [1.82, 2.24) is 0 Å². The lowest BCUT2D eigenvalue weighted by molar-refractivity contribution is 0.604. The van der Waals surface area contributed by atoms with Gasteiger partial charge in [-0.2, -0.15) is 0 Å². The van der Waals surface area contributed by atoms with Crippen LogP contribution in [0.4, 0.5) is 0 Å². The summed E-state index contributed by atoms with van der Waals surface area (Å²) in [6.45, 7) is 2.06. The van der Waals surface area contributed by atoms with Crippen molar-refractivity contribution in [2.24, 2.45) is 0 Å². The Balaban J connectivity index is 2.56. The number of hydrogen-bond donors (Lipinski definition) is 0. The number of rotatable bonds is 2. The molecule has 1 aromatic rings. The average molecular weight is 243 g/mol. The first-order chi connectivity index (χ1) is 7.05. The van der Waals surface area contributed by atoms with E-state index in [1.54, 1.807) is 6.07 Å². The van der Waals surface area contributed by atoms with E-state index in [0.29, 0.717) is 10.5 Å². The molecule has 1 aromatic carbocycles. The second kappa shape index (κ2) is 3.65. The third-order valence-corrected chi connectivity index (χ3v) is 4.71. The number of halogens is 1. The van der Waals surface area contributed by atoms with Gasteiger partial charge >= 0.3 is 0 Å². The lowest BCUT2D eigenvalue weighted by Gasteiger charge is -2.02. The maximum absolute atomic E-state index is 11.7. The fraction of sp³-hybridized carbons (Fsp3) is 0.273. The quantitative estimate of drug-likeness (QED) is 0.799. The molecule has 0 fully saturated rings. The standard InChI is InChI=1S/C11H11ClO2S/c1-2-3-8-4-5-9-7-11(12)15(13,14)10(9)6-8/h4-7H,2-3H2,1H3. The molecule has 2 rings (SSSR count). The molecule has 0 saturated heterocycles. The van der Waals surface area contributed by atoms with Crippen molar-refractivity contribution >= 4 is 27.5 Å². The second-order valence-electron chi connectivity index (χ2n) is 3.57. The lowest BCUT2D eigenvalue weighted by atomic mass is 10.1. The van der Waals surface area contributed by atoms with Crippen LogP contribution < -0.4 is 0 Å². The Labute approximate surface area is 94.5 Å². The first kappa shape index (κ1) is 10.7. The Bertz CT molecular complexity index is 530. The van der Waals surface area contributed by atoms with Gasteiger partial charge in [-0.25, -0.2) is 8.42 Å². The Kier molecular flexibility index (Phi) is 2.61. The molecule has 0 unspecified atom stereocenters. The van der Waals surface area contributed by atoms with Gasteiger partial charge in [0.1, 0.15) is 4.36 Å². The lowest BCUT2D eigenvalue weighted by Crippen LogP contribution is -1.97. The molecule has 4 heteroatoms. The van der Waals surface area contributed by atoms with Crippen molar-refractivity contribution in [3.63, 3.8) is 0 Å². The third kappa shape index (κ3) is 1.70. The predicted octanol–water partition coefficient (Wildman–Crippen LogP) is 2.96. The Hall–Kier alpha value is -0.800. The van der Waals surface area contributed by atoms with Gasteiger partial charge in [-0.05, 0) is 29.7 Å². The molecule has 1 aliphatic rings. The maximum atomic E-state index is 11.7. The fourth-order valence-corrected chi connectivity index (χ4v) is 3.28. The van der Waals surface area contributed by atoms with E-state index in [1.807, 2.05) is 12.1 Å². The molecule has 0 bridgehead atoms. The van der Waals surface area contributed by atoms with Crippen LogP contribution in [-0.2, 0) is 16.3 Å². The van der Waals surface area contributed by atoms with Crippen molar-refractivity contribution in [2.45, 2.75) is 24.7 Å². The van der Waals surface area contributed by atoms with Crippen LogP contribution in [0.15, 0.2) is 27.5 Å². The van der Waals surface area contributed by atoms with E-state index >= 15 is 0 Å². The molecule has 80 valence electrons. The van der Waals surface area contributed by atoms with E-state index < -0.39 is 9.84 Å². The normalized spacial score (nSPS) is 17.3. The minimum atomic E-state index is -3.40. The molecule has 0 radical (unpaired) electrons. The monoisotopic (exact) mass is 242 g/mol. The molecule has 0 aromatic heterocycles. The number of sulfone groups is 1. The highest BCUT2D eigenvalue weighted by Crippen LogP contribution is 2.35. The largest absolute Gasteiger partial charge is 0.218 e. The molecule has 15 heavy (non-hydrogen) atoms. The molecule has 0 N–H and O–H groups in total. The minimum absolute atomic E-state index is 0.0776. The summed E-state index contributed by atoms with van der Waals surface area (Å²) >= 11 is 5.67. The van der Waals surface area contributed by atoms with Gasteiger partial charge in [0.15, 0.2) is 0 Å². The van der Waals surface area contributed by atoms with Crippen molar-refractivity contribution in [2.75, 3.05) is 0 Å². The molecule has 0 aliphatic carbocycles. The zero-order valence-corrected chi connectivity index (χ0v) is 9.90. The summed E-state index contributed by atoms with van der Waals surface area (Å²) in [6.07, 6.45) is 3.39. The second-order valence-corrected chi connectivity index (χ2v) is 6.09. The van der Waals surface area contributed by atoms with Crippen molar-refractivity contribution in [3.05, 3.63) is 33.7 Å². The van der Waals surface area contributed by atoms with E-state index in [1.165, 1.54) is 6.08 Å². The van der Waals surface area contributed by atoms with Crippen LogP contribution in [0.5, 0.6) is 0 Å². The van der Waals surface area contributed by atoms with Crippen LogP contribution in [0, 0.1) is 0 Å². The van der Waals surface area contributed by atoms with Gasteiger partial charge in [0, 0.05) is 0 Å². The van der Waals surface area contributed by atoms with Crippen LogP contribution in [0.25, 0.3) is 6.08 Å². The van der Waals surface area contributed by atoms with Gasteiger partial charge in [-0.1, -0.05) is 37.1 Å². The van der Waals surface area contributed by atoms with E-state index in [2.05, 4.69) is 6.92 Å². The van der Waals surface area contributed by atoms with Crippen LogP contribution in [-0.4, -0.2) is 8.42 Å². The number of hydrogen-bond acceptors (Lipinski definition) is 2. The SMILES string of the molecule is CCCc1ccc2c(c1)S(=O)(=O)C(Cl)=C2. The highest BCUT2D eigenvalue weighted by molar-refractivity contribution is 7.97. The zero-order valence-electron chi connectivity index (χ0n) is 8.33. The molecule has 1 aliphatic heterocycles. The molecule has 2 nitrogen and oxygen atoms in total. The smallest absolute Gasteiger partial charge is 0.217 e. The topological polar surface area (TPSA) is 34.1 Å². The van der Waals surface area contributed by atoms with E-state index in [-0.39, 0.29) is 4.36 Å². The molecule has 0 spiro atoms. The highest BCUT2D eigenvalue weighted by atomic mass is 35.5. The van der Waals surface area contributed by atoms with Crippen molar-refractivity contribution in [3.8, 4) is 0 Å². The van der Waals surface area contributed by atoms with Crippen molar-refractivity contribution < 1.29 is 8.42 Å². The molecular weight excluding hydrogens is 232 g/mol. The van der Waals surface area contributed by atoms with E-state index in [9.17, 15) is 8.42 Å². The minimum Gasteiger partial charge on any atom is -0.218 e. The van der Waals surface area contributed by atoms with Gasteiger partial charge in [0.25, 0.3) is 0 Å². The van der Waals surface area contributed by atoms with Crippen LogP contribution >= 0.6 is 11.6 Å². The maximum Gasteiger partial charge on any atom is 0.217 e. The zero-order chi connectivity index (χ0) is 11.1. The van der Waals surface area contributed by atoms with Gasteiger partial charge in [0.2, 0.25) is 9.84 Å². The first-order valence-corrected chi connectivity index (χ1v) is 6.67. The summed E-state index contributed by atoms with van der Waals surface area (Å²) in [5, 5.41) is 0. The summed E-state index contributed by atoms with van der Waals surface area (Å²) in [7, 11) is -3.40. The average Bonchev–Trinajstić information content (AvgIpc) is 2.40. The van der Waals surface area contributed by atoms with Crippen LogP contribution in [0.1, 0.15) is 24.5 Å². The van der Waals surface area contributed by atoms with Gasteiger partial charge in [-0.3, -0.25) is 0 Å². The van der Waals surface area contributed by atoms with Gasteiger partial charge < -0.3 is 0 Å². The molecule has 1 heterocycles. The molecule has 0 saturated carbocycles. The van der Waals surface area contributed by atoms with Crippen LogP contribution in [0.2, 0.25) is 0 Å². The summed E-state index contributed by atoms with van der Waals surface area (Å²) in [5.74, 6) is 0. The highest BCUT2D eigenvalue weighted by Gasteiger charge is 2.28. The third-order valence-electron chi connectivity index (χ3n) is 2.43. The summed E-state index contributed by atoms with van der Waals surface area (Å²) in [6, 6.07) is 5.48. The van der Waals surface area contributed by atoms with Gasteiger partial charge in [0.05, 0.1) is 4.90 Å². The Morgan fingerprint density at radius 3 is 2.73 bits per heavy atom. The van der Waals surface area contributed by atoms with E-state index in [4.69, 9.17) is 11.6 Å². The molecule has 0 amide bonds. The number of aryl methyl sites for hydroxylation is 1. The van der Waals surface area contributed by atoms with Crippen LogP contribution in [0.3, 0.4) is 0 Å². The number of fused-ring (bicyclic) bond motifs is 1. The van der Waals surface area contributed by atoms with E-state index in [0.717, 1.165) is 18.4 Å². The first-order valence-electron chi connectivity index (χ1n) is 4.81. The predicted molar refractivity (Wildman–Crippen MR) is 61.5 cm³/mol. The molecule has 0 atom stereocenters. The van der Waals surface area contributed by atoms with Gasteiger partial charge in [-0.15, -0.1) is 0 Å². The summed E-state index contributed by atoms with van der Waals surface area (Å²) in [4.78, 5) is 0.346. The van der Waals surface area contributed by atoms with Crippen molar-refractivity contribution in [1.29, 1.82) is 0 Å². The fourth-order valence-electron chi connectivity index (χ4n) is 1.68. The Morgan fingerprint density at radius 1 is 1.33 bits per heavy atom. The molecular formula is C11H11ClO2S. The Morgan fingerprint density at radius 2 is 2.07 bits per heavy atom. The number of benzene rings is 1. The summed E-state index contributed by atoms with van der Waals surface area (Å²) in [5.41, 5.74) is 1.74.